The molecule has 0 fully saturated rings. The average molecular weight is 730 g/mol. The van der Waals surface area contributed by atoms with Gasteiger partial charge < -0.3 is 13.6 Å². The molecular formula is C51H31N5O. The highest BCUT2D eigenvalue weighted by atomic mass is 16.3. The van der Waals surface area contributed by atoms with Gasteiger partial charge >= 0.3 is 0 Å². The van der Waals surface area contributed by atoms with Crippen molar-refractivity contribution in [3.8, 4) is 45.5 Å². The lowest BCUT2D eigenvalue weighted by atomic mass is 10.1. The van der Waals surface area contributed by atoms with E-state index in [0.717, 1.165) is 61.0 Å². The molecule has 8 aromatic carbocycles. The van der Waals surface area contributed by atoms with Crippen LogP contribution in [0, 0.1) is 0 Å². The lowest BCUT2D eigenvalue weighted by Gasteiger charge is -2.11. The Morgan fingerprint density at radius 2 is 0.772 bits per heavy atom. The average Bonchev–Trinajstić information content (AvgIpc) is 3.94. The van der Waals surface area contributed by atoms with Gasteiger partial charge in [0.2, 0.25) is 0 Å². The van der Waals surface area contributed by atoms with Crippen LogP contribution in [0.15, 0.2) is 192 Å². The second-order valence-corrected chi connectivity index (χ2v) is 14.4. The van der Waals surface area contributed by atoms with E-state index in [1.165, 1.54) is 32.6 Å². The van der Waals surface area contributed by atoms with Crippen LogP contribution in [0.2, 0.25) is 0 Å². The zero-order valence-electron chi connectivity index (χ0n) is 30.5. The largest absolute Gasteiger partial charge is 0.456 e. The lowest BCUT2D eigenvalue weighted by Crippen LogP contribution is -2.00. The maximum atomic E-state index is 6.25. The third-order valence-corrected chi connectivity index (χ3v) is 11.2. The first-order valence-electron chi connectivity index (χ1n) is 19.1. The van der Waals surface area contributed by atoms with Gasteiger partial charge in [0.05, 0.1) is 22.1 Å². The molecule has 266 valence electrons. The van der Waals surface area contributed by atoms with E-state index >= 15 is 0 Å². The molecule has 0 bridgehead atoms. The molecule has 0 amide bonds. The maximum absolute atomic E-state index is 6.25. The van der Waals surface area contributed by atoms with Crippen LogP contribution in [-0.4, -0.2) is 24.1 Å². The topological polar surface area (TPSA) is 61.7 Å². The summed E-state index contributed by atoms with van der Waals surface area (Å²) < 4.78 is 11.0. The number of hydrogen-bond acceptors (Lipinski definition) is 4. The molecule has 12 aromatic rings. The Morgan fingerprint density at radius 1 is 0.316 bits per heavy atom. The van der Waals surface area contributed by atoms with Crippen LogP contribution in [0.1, 0.15) is 0 Å². The van der Waals surface area contributed by atoms with E-state index < -0.39 is 0 Å². The van der Waals surface area contributed by atoms with Crippen molar-refractivity contribution in [2.24, 2.45) is 0 Å². The van der Waals surface area contributed by atoms with Crippen molar-refractivity contribution in [3.05, 3.63) is 188 Å². The van der Waals surface area contributed by atoms with E-state index in [-0.39, 0.29) is 0 Å². The number of benzene rings is 8. The first kappa shape index (κ1) is 31.5. The molecule has 12 rings (SSSR count). The lowest BCUT2D eigenvalue weighted by molar-refractivity contribution is 0.669. The van der Waals surface area contributed by atoms with E-state index in [2.05, 4.69) is 143 Å². The number of nitrogens with zero attached hydrogens (tertiary/aromatic N) is 5. The summed E-state index contributed by atoms with van der Waals surface area (Å²) in [5, 5.41) is 7.11. The van der Waals surface area contributed by atoms with Gasteiger partial charge in [-0.05, 0) is 78.9 Å². The van der Waals surface area contributed by atoms with Gasteiger partial charge in [0.1, 0.15) is 11.2 Å². The van der Waals surface area contributed by atoms with E-state index in [4.69, 9.17) is 19.4 Å². The van der Waals surface area contributed by atoms with Gasteiger partial charge in [0, 0.05) is 60.4 Å². The van der Waals surface area contributed by atoms with Crippen LogP contribution in [-0.2, 0) is 0 Å². The quantitative estimate of drug-likeness (QED) is 0.177. The van der Waals surface area contributed by atoms with Crippen molar-refractivity contribution in [3.63, 3.8) is 0 Å². The second kappa shape index (κ2) is 12.3. The van der Waals surface area contributed by atoms with Crippen LogP contribution in [0.25, 0.3) is 111 Å². The molecule has 4 aromatic heterocycles. The van der Waals surface area contributed by atoms with Crippen molar-refractivity contribution in [1.82, 2.24) is 24.1 Å². The van der Waals surface area contributed by atoms with Crippen LogP contribution in [0.3, 0.4) is 0 Å². The summed E-state index contributed by atoms with van der Waals surface area (Å²) in [6, 6.07) is 65.6. The van der Waals surface area contributed by atoms with E-state index in [0.29, 0.717) is 17.5 Å². The van der Waals surface area contributed by atoms with Gasteiger partial charge in [-0.1, -0.05) is 109 Å². The highest BCUT2D eigenvalue weighted by molar-refractivity contribution is 6.28. The highest BCUT2D eigenvalue weighted by Crippen LogP contribution is 2.42. The van der Waals surface area contributed by atoms with Crippen molar-refractivity contribution in [2.45, 2.75) is 0 Å². The number of fused-ring (bicyclic) bond motifs is 10. The molecule has 6 heteroatoms. The zero-order valence-corrected chi connectivity index (χ0v) is 30.5. The molecule has 0 N–H and O–H groups in total. The Balaban J connectivity index is 1.02. The number of hydrogen-bond donors (Lipinski definition) is 0. The molecule has 0 aliphatic heterocycles. The minimum Gasteiger partial charge on any atom is -0.456 e. The van der Waals surface area contributed by atoms with Crippen LogP contribution in [0.4, 0.5) is 0 Å². The summed E-state index contributed by atoms with van der Waals surface area (Å²) in [5.74, 6) is 1.81. The summed E-state index contributed by atoms with van der Waals surface area (Å²) in [6.07, 6.45) is 0. The first-order chi connectivity index (χ1) is 28.3. The van der Waals surface area contributed by atoms with Gasteiger partial charge in [-0.25, -0.2) is 15.0 Å². The normalized spacial score (nSPS) is 11.9. The predicted molar refractivity (Wildman–Crippen MR) is 232 cm³/mol. The summed E-state index contributed by atoms with van der Waals surface area (Å²) in [5.41, 5.74) is 11.2. The van der Waals surface area contributed by atoms with Crippen molar-refractivity contribution in [1.29, 1.82) is 0 Å². The Labute approximate surface area is 326 Å². The summed E-state index contributed by atoms with van der Waals surface area (Å²) in [6.45, 7) is 0. The molecule has 0 saturated heterocycles. The molecule has 4 heterocycles. The number of para-hydroxylation sites is 4. The van der Waals surface area contributed by atoms with Crippen LogP contribution in [0.5, 0.6) is 0 Å². The third kappa shape index (κ3) is 4.87. The Morgan fingerprint density at radius 3 is 1.40 bits per heavy atom. The van der Waals surface area contributed by atoms with Gasteiger partial charge in [0.25, 0.3) is 0 Å². The molecule has 0 aliphatic carbocycles. The maximum Gasteiger partial charge on any atom is 0.164 e. The zero-order chi connectivity index (χ0) is 37.5. The summed E-state index contributed by atoms with van der Waals surface area (Å²) >= 11 is 0. The Kier molecular flexibility index (Phi) is 6.83. The molecule has 0 unspecified atom stereocenters. The molecule has 0 spiro atoms. The number of furan rings is 1. The smallest absolute Gasteiger partial charge is 0.164 e. The fourth-order valence-electron chi connectivity index (χ4n) is 8.63. The molecule has 57 heavy (non-hydrogen) atoms. The van der Waals surface area contributed by atoms with E-state index in [1.54, 1.807) is 0 Å². The SMILES string of the molecule is c1ccc(-c2nc(-c3ccc(-n4c5ccccc5c5c6c7ccccc7n(-c7ccccc7)c6ccc54)cc3)nc(-c3ccc4c(c3)oc3ccccc34)n2)cc1. The minimum atomic E-state index is 0.589. The second-order valence-electron chi connectivity index (χ2n) is 14.4. The predicted octanol–water partition coefficient (Wildman–Crippen LogP) is 13.0. The summed E-state index contributed by atoms with van der Waals surface area (Å²) in [7, 11) is 0. The van der Waals surface area contributed by atoms with Crippen molar-refractivity contribution < 1.29 is 4.42 Å². The van der Waals surface area contributed by atoms with Gasteiger partial charge in [-0.2, -0.15) is 0 Å². The summed E-state index contributed by atoms with van der Waals surface area (Å²) in [4.78, 5) is 15.1. The minimum absolute atomic E-state index is 0.589. The molecule has 0 saturated carbocycles. The first-order valence-corrected chi connectivity index (χ1v) is 19.1. The van der Waals surface area contributed by atoms with E-state index in [1.807, 2.05) is 54.6 Å². The molecule has 0 radical (unpaired) electrons. The number of aromatic nitrogens is 5. The van der Waals surface area contributed by atoms with E-state index in [9.17, 15) is 0 Å². The van der Waals surface area contributed by atoms with Crippen LogP contribution < -0.4 is 0 Å². The van der Waals surface area contributed by atoms with Crippen molar-refractivity contribution in [2.75, 3.05) is 0 Å². The van der Waals surface area contributed by atoms with Crippen LogP contribution >= 0.6 is 0 Å². The molecule has 0 atom stereocenters. The standard InChI is InChI=1S/C51H31N5O/c1-3-13-32(14-4-1)49-52-50(54-51(53-49)34-25-28-38-37-17-9-12-22-45(37)57-46(38)31-34)33-23-26-36(27-24-33)56-42-21-11-8-19-40(42)48-44(56)30-29-43-47(48)39-18-7-10-20-41(39)55(43)35-15-5-2-6-16-35/h1-31H. The van der Waals surface area contributed by atoms with Gasteiger partial charge in [-0.15, -0.1) is 0 Å². The monoisotopic (exact) mass is 729 g/mol. The van der Waals surface area contributed by atoms with Gasteiger partial charge in [-0.3, -0.25) is 0 Å². The third-order valence-electron chi connectivity index (χ3n) is 11.2. The van der Waals surface area contributed by atoms with Gasteiger partial charge in [0.15, 0.2) is 17.5 Å². The van der Waals surface area contributed by atoms with Crippen molar-refractivity contribution >= 4 is 65.6 Å². The molecular weight excluding hydrogens is 699 g/mol. The Hall–Kier alpha value is -7.83. The molecule has 6 nitrogen and oxygen atoms in total. The fraction of sp³-hybridized carbons (Fsp3) is 0. The fourth-order valence-corrected chi connectivity index (χ4v) is 8.63. The Bertz CT molecular complexity index is 3510. The number of rotatable bonds is 5. The highest BCUT2D eigenvalue weighted by Gasteiger charge is 2.21. The molecule has 0 aliphatic rings.